The molecule has 2 amide bonds. The van der Waals surface area contributed by atoms with E-state index in [4.69, 9.17) is 45.3 Å². The highest BCUT2D eigenvalue weighted by Gasteiger charge is 2.47. The van der Waals surface area contributed by atoms with Crippen LogP contribution in [0.4, 0.5) is 0 Å². The number of nitrogens with two attached hydrogens (primary N) is 1. The van der Waals surface area contributed by atoms with E-state index in [2.05, 4.69) is 4.72 Å². The first-order valence-corrected chi connectivity index (χ1v) is 19.3. The van der Waals surface area contributed by atoms with Gasteiger partial charge in [-0.15, -0.1) is 11.3 Å². The zero-order valence-electron chi connectivity index (χ0n) is 25.6. The van der Waals surface area contributed by atoms with Crippen LogP contribution in [0.2, 0.25) is 15.1 Å². The number of carbonyl (C=O) groups excluding carboxylic acids is 2. The predicted molar refractivity (Wildman–Crippen MR) is 187 cm³/mol. The zero-order valence-corrected chi connectivity index (χ0v) is 29.5. The number of hydrogen-bond donors (Lipinski definition) is 2. The number of piperidine rings is 1. The number of nitrogens with zero attached hydrogens (tertiary/aromatic N) is 1. The summed E-state index contributed by atoms with van der Waals surface area (Å²) in [5.41, 5.74) is 7.58. The molecule has 3 aromatic rings. The third-order valence-electron chi connectivity index (χ3n) is 9.12. The van der Waals surface area contributed by atoms with E-state index in [0.29, 0.717) is 69.2 Å². The van der Waals surface area contributed by atoms with Crippen molar-refractivity contribution in [2.24, 2.45) is 17.1 Å². The zero-order chi connectivity index (χ0) is 33.1. The molecule has 2 aliphatic rings. The number of ether oxygens (including phenoxy) is 1. The predicted octanol–water partition coefficient (Wildman–Crippen LogP) is 7.65. The minimum absolute atomic E-state index is 0.153. The highest BCUT2D eigenvalue weighted by molar-refractivity contribution is 7.88. The molecular formula is C33H38Cl3N3O5S2. The van der Waals surface area contributed by atoms with Gasteiger partial charge >= 0.3 is 0 Å². The maximum absolute atomic E-state index is 14.4. The monoisotopic (exact) mass is 725 g/mol. The minimum Gasteiger partial charge on any atom is -0.491 e. The van der Waals surface area contributed by atoms with E-state index >= 15 is 0 Å². The maximum atomic E-state index is 14.4. The molecule has 0 spiro atoms. The molecule has 3 N–H and O–H groups in total. The van der Waals surface area contributed by atoms with Gasteiger partial charge in [-0.1, -0.05) is 72.3 Å². The summed E-state index contributed by atoms with van der Waals surface area (Å²) in [7, 11) is -3.36. The molecule has 2 heterocycles. The largest absolute Gasteiger partial charge is 0.491 e. The second-order valence-electron chi connectivity index (χ2n) is 12.1. The van der Waals surface area contributed by atoms with Crippen LogP contribution in [0.1, 0.15) is 61.0 Å². The number of hydrogen-bond acceptors (Lipinski definition) is 6. The minimum atomic E-state index is -3.36. The molecule has 1 aliphatic carbocycles. The number of primary amides is 1. The van der Waals surface area contributed by atoms with Gasteiger partial charge in [0.25, 0.3) is 5.91 Å². The van der Waals surface area contributed by atoms with E-state index in [9.17, 15) is 18.0 Å². The summed E-state index contributed by atoms with van der Waals surface area (Å²) in [5.74, 6) is 0.158. The van der Waals surface area contributed by atoms with Gasteiger partial charge in [0.15, 0.2) is 5.75 Å². The summed E-state index contributed by atoms with van der Waals surface area (Å²) in [5, 5.41) is 1.46. The van der Waals surface area contributed by atoms with Crippen molar-refractivity contribution in [1.82, 2.24) is 9.62 Å². The first-order chi connectivity index (χ1) is 21.9. The normalized spacial score (nSPS) is 17.2. The van der Waals surface area contributed by atoms with E-state index in [0.717, 1.165) is 42.4 Å². The van der Waals surface area contributed by atoms with Crippen molar-refractivity contribution < 1.29 is 22.7 Å². The van der Waals surface area contributed by atoms with E-state index < -0.39 is 15.4 Å². The first-order valence-electron chi connectivity index (χ1n) is 15.4. The van der Waals surface area contributed by atoms with Crippen molar-refractivity contribution >= 4 is 68.0 Å². The Bertz CT molecular complexity index is 1680. The Morgan fingerprint density at radius 3 is 2.28 bits per heavy atom. The highest BCUT2D eigenvalue weighted by Crippen LogP contribution is 2.51. The van der Waals surface area contributed by atoms with Gasteiger partial charge in [0.05, 0.1) is 23.3 Å². The number of thiophene rings is 1. The molecule has 5 rings (SSSR count). The Labute approximate surface area is 289 Å². The van der Waals surface area contributed by atoms with Crippen LogP contribution >= 0.6 is 46.1 Å². The average molecular weight is 727 g/mol. The van der Waals surface area contributed by atoms with Crippen molar-refractivity contribution in [3.63, 3.8) is 0 Å². The van der Waals surface area contributed by atoms with Gasteiger partial charge < -0.3 is 15.4 Å². The third-order valence-corrected chi connectivity index (χ3v) is 11.8. The Balaban J connectivity index is 1.53. The Kier molecular flexibility index (Phi) is 11.3. The Morgan fingerprint density at radius 2 is 1.67 bits per heavy atom. The fraction of sp³-hybridized carbons (Fsp3) is 0.455. The van der Waals surface area contributed by atoms with E-state index in [1.54, 1.807) is 29.2 Å². The summed E-state index contributed by atoms with van der Waals surface area (Å²) < 4.78 is 32.0. The molecule has 2 fully saturated rings. The molecule has 13 heteroatoms. The van der Waals surface area contributed by atoms with Crippen LogP contribution in [-0.4, -0.2) is 57.6 Å². The van der Waals surface area contributed by atoms with Gasteiger partial charge in [-0.2, -0.15) is 0 Å². The molecule has 0 radical (unpaired) electrons. The van der Waals surface area contributed by atoms with Crippen molar-refractivity contribution in [2.75, 3.05) is 32.5 Å². The lowest BCUT2D eigenvalue weighted by molar-refractivity contribution is -0.135. The van der Waals surface area contributed by atoms with E-state index in [-0.39, 0.29) is 30.9 Å². The van der Waals surface area contributed by atoms with E-state index in [1.807, 2.05) is 18.2 Å². The summed E-state index contributed by atoms with van der Waals surface area (Å²) in [4.78, 5) is 30.2. The van der Waals surface area contributed by atoms with Crippen molar-refractivity contribution in [2.45, 2.75) is 51.4 Å². The van der Waals surface area contributed by atoms with Crippen LogP contribution in [-0.2, 0) is 14.8 Å². The molecule has 1 aliphatic heterocycles. The summed E-state index contributed by atoms with van der Waals surface area (Å²) >= 11 is 20.5. The van der Waals surface area contributed by atoms with Crippen LogP contribution < -0.4 is 15.2 Å². The van der Waals surface area contributed by atoms with Crippen LogP contribution in [0.15, 0.2) is 42.5 Å². The van der Waals surface area contributed by atoms with Crippen molar-refractivity contribution in [1.29, 1.82) is 0 Å². The summed E-state index contributed by atoms with van der Waals surface area (Å²) in [6.07, 6.45) is 7.88. The molecule has 0 bridgehead atoms. The number of rotatable bonds is 11. The maximum Gasteiger partial charge on any atom is 0.267 e. The van der Waals surface area contributed by atoms with Crippen LogP contribution in [0, 0.1) is 11.3 Å². The fourth-order valence-corrected chi connectivity index (χ4v) is 9.18. The van der Waals surface area contributed by atoms with Crippen LogP contribution in [0.5, 0.6) is 5.75 Å². The van der Waals surface area contributed by atoms with Gasteiger partial charge in [-0.25, -0.2) is 13.1 Å². The van der Waals surface area contributed by atoms with E-state index in [1.165, 1.54) is 17.8 Å². The molecule has 1 saturated heterocycles. The number of sulfonamides is 1. The molecule has 1 aromatic heterocycles. The highest BCUT2D eigenvalue weighted by atomic mass is 35.5. The number of benzene rings is 2. The third kappa shape index (κ3) is 7.85. The number of nitrogens with one attached hydrogen (secondary N) is 1. The Hall–Kier alpha value is -2.34. The smallest absolute Gasteiger partial charge is 0.267 e. The van der Waals surface area contributed by atoms with Gasteiger partial charge in [-0.3, -0.25) is 9.59 Å². The van der Waals surface area contributed by atoms with Crippen LogP contribution in [0.25, 0.3) is 21.6 Å². The molecule has 0 unspecified atom stereocenters. The summed E-state index contributed by atoms with van der Waals surface area (Å²) in [6.45, 7) is 1.14. The quantitative estimate of drug-likeness (QED) is 0.197. The SMILES string of the molecule is CS(=O)(=O)NCCCOc1c(C(=O)N2CCC(C(N)=O)(C3CCCCC3)CC2)sc(-c2ccc(Cl)cc2Cl)c1-c1ccc(Cl)cc1. The molecule has 1 saturated carbocycles. The number of halogens is 3. The van der Waals surface area contributed by atoms with Gasteiger partial charge in [0, 0.05) is 45.7 Å². The molecular weight excluding hydrogens is 689 g/mol. The lowest BCUT2D eigenvalue weighted by Gasteiger charge is -2.45. The van der Waals surface area contributed by atoms with Crippen molar-refractivity contribution in [3.05, 3.63) is 62.4 Å². The lowest BCUT2D eigenvalue weighted by Crippen LogP contribution is -2.52. The second-order valence-corrected chi connectivity index (χ2v) is 16.2. The standard InChI is InChI=1S/C33H38Cl3N3O5S2/c1-46(42,43)38-16-5-19-44-28-27(21-8-10-23(34)11-9-21)29(25-13-12-24(35)20-26(25)36)45-30(28)31(40)39-17-14-33(15-18-39,32(37)41)22-6-3-2-4-7-22/h8-13,20,22,38H,2-7,14-19H2,1H3,(H2,37,41). The average Bonchev–Trinajstić information content (AvgIpc) is 3.39. The van der Waals surface area contributed by atoms with Crippen molar-refractivity contribution in [3.8, 4) is 27.3 Å². The van der Waals surface area contributed by atoms with Gasteiger partial charge in [-0.05, 0) is 67.9 Å². The molecule has 0 atom stereocenters. The number of likely N-dealkylation sites (tertiary alicyclic amines) is 1. The first kappa shape index (κ1) is 35.0. The number of amides is 2. The lowest BCUT2D eigenvalue weighted by atomic mass is 9.63. The van der Waals surface area contributed by atoms with Gasteiger partial charge in [0.1, 0.15) is 4.88 Å². The summed E-state index contributed by atoms with van der Waals surface area (Å²) in [6, 6.07) is 12.5. The topological polar surface area (TPSA) is 119 Å². The number of carbonyl (C=O) groups is 2. The molecule has 248 valence electrons. The fourth-order valence-electron chi connectivity index (χ4n) is 6.70. The van der Waals surface area contributed by atoms with Crippen LogP contribution in [0.3, 0.4) is 0 Å². The second kappa shape index (κ2) is 14.8. The Morgan fingerprint density at radius 1 is 1.02 bits per heavy atom. The molecule has 8 nitrogen and oxygen atoms in total. The molecule has 46 heavy (non-hydrogen) atoms. The molecule has 2 aromatic carbocycles. The van der Waals surface area contributed by atoms with Gasteiger partial charge in [0.2, 0.25) is 15.9 Å².